The largest absolute Gasteiger partial charge is 0.229 e. The zero-order chi connectivity index (χ0) is 10.5. The van der Waals surface area contributed by atoms with Gasteiger partial charge in [-0.15, -0.1) is 11.6 Å². The quantitative estimate of drug-likeness (QED) is 0.652. The minimum absolute atomic E-state index is 0.251. The molecule has 0 amide bonds. The highest BCUT2D eigenvalue weighted by atomic mass is 35.5. The molecule has 4 heteroatoms. The second kappa shape index (κ2) is 5.86. The van der Waals surface area contributed by atoms with Crippen LogP contribution in [0.4, 0.5) is 0 Å². The van der Waals surface area contributed by atoms with Crippen molar-refractivity contribution in [3.05, 3.63) is 0 Å². The van der Waals surface area contributed by atoms with Crippen LogP contribution in [-0.4, -0.2) is 25.3 Å². The van der Waals surface area contributed by atoms with Gasteiger partial charge in [0.1, 0.15) is 0 Å². The summed E-state index contributed by atoms with van der Waals surface area (Å²) in [6.45, 7) is 5.48. The highest BCUT2D eigenvalue weighted by Crippen LogP contribution is 2.10. The van der Waals surface area contributed by atoms with Crippen molar-refractivity contribution >= 4 is 21.4 Å². The summed E-state index contributed by atoms with van der Waals surface area (Å²) in [5.74, 6) is 1.33. The van der Waals surface area contributed by atoms with Crippen LogP contribution in [0.15, 0.2) is 0 Å². The molecule has 0 aliphatic carbocycles. The van der Waals surface area contributed by atoms with E-state index in [1.807, 2.05) is 6.92 Å². The van der Waals surface area contributed by atoms with Gasteiger partial charge in [-0.3, -0.25) is 0 Å². The van der Waals surface area contributed by atoms with Gasteiger partial charge < -0.3 is 0 Å². The van der Waals surface area contributed by atoms with Crippen LogP contribution in [0.5, 0.6) is 0 Å². The first kappa shape index (κ1) is 13.2. The van der Waals surface area contributed by atoms with Gasteiger partial charge in [-0.2, -0.15) is 0 Å². The van der Waals surface area contributed by atoms with Gasteiger partial charge in [-0.1, -0.05) is 6.92 Å². The molecule has 0 saturated carbocycles. The monoisotopic (exact) mass is 226 g/mol. The Morgan fingerprint density at radius 3 is 2.15 bits per heavy atom. The number of sulfone groups is 1. The molecule has 0 aromatic heterocycles. The van der Waals surface area contributed by atoms with Crippen LogP contribution in [0, 0.1) is 5.92 Å². The van der Waals surface area contributed by atoms with Crippen molar-refractivity contribution in [3.8, 4) is 0 Å². The molecule has 1 atom stereocenters. The van der Waals surface area contributed by atoms with E-state index in [2.05, 4.69) is 0 Å². The van der Waals surface area contributed by atoms with Crippen molar-refractivity contribution in [3.63, 3.8) is 0 Å². The molecule has 0 rings (SSSR count). The average Bonchev–Trinajstić information content (AvgIpc) is 2.03. The predicted octanol–water partition coefficient (Wildman–Crippen LogP) is 2.46. The Morgan fingerprint density at radius 2 is 1.77 bits per heavy atom. The van der Waals surface area contributed by atoms with Gasteiger partial charge in [-0.25, -0.2) is 8.42 Å². The van der Waals surface area contributed by atoms with E-state index in [1.54, 1.807) is 13.8 Å². The van der Waals surface area contributed by atoms with Crippen LogP contribution in [0.3, 0.4) is 0 Å². The second-order valence-electron chi connectivity index (χ2n) is 3.82. The summed E-state index contributed by atoms with van der Waals surface area (Å²) in [5.41, 5.74) is 0. The number of rotatable bonds is 6. The van der Waals surface area contributed by atoms with Crippen molar-refractivity contribution < 1.29 is 8.42 Å². The third-order valence-corrected chi connectivity index (χ3v) is 4.93. The zero-order valence-electron chi connectivity index (χ0n) is 8.59. The van der Waals surface area contributed by atoms with E-state index in [0.717, 1.165) is 12.8 Å². The molecular formula is C9H19ClO2S. The van der Waals surface area contributed by atoms with Crippen molar-refractivity contribution in [1.82, 2.24) is 0 Å². The third kappa shape index (κ3) is 5.53. The van der Waals surface area contributed by atoms with Gasteiger partial charge in [0.2, 0.25) is 0 Å². The van der Waals surface area contributed by atoms with E-state index < -0.39 is 9.84 Å². The molecule has 0 aromatic rings. The molecule has 0 saturated heterocycles. The molecule has 0 bridgehead atoms. The first-order valence-corrected chi connectivity index (χ1v) is 6.92. The lowest BCUT2D eigenvalue weighted by Gasteiger charge is -2.09. The summed E-state index contributed by atoms with van der Waals surface area (Å²) >= 11 is 5.62. The van der Waals surface area contributed by atoms with Gasteiger partial charge in [0.05, 0.1) is 11.0 Å². The predicted molar refractivity (Wildman–Crippen MR) is 58.0 cm³/mol. The normalized spacial score (nSPS) is 14.8. The SMILES string of the molecule is CC(CCl)CCCS(=O)(=O)C(C)C. The maximum Gasteiger partial charge on any atom is 0.152 e. The molecule has 0 aromatic carbocycles. The van der Waals surface area contributed by atoms with E-state index in [0.29, 0.717) is 17.6 Å². The third-order valence-electron chi connectivity index (χ3n) is 2.11. The lowest BCUT2D eigenvalue weighted by molar-refractivity contribution is 0.559. The molecule has 13 heavy (non-hydrogen) atoms. The Kier molecular flexibility index (Phi) is 5.97. The Hall–Kier alpha value is 0.240. The zero-order valence-corrected chi connectivity index (χ0v) is 10.2. The van der Waals surface area contributed by atoms with Gasteiger partial charge in [-0.05, 0) is 32.6 Å². The fraction of sp³-hybridized carbons (Fsp3) is 1.00. The summed E-state index contributed by atoms with van der Waals surface area (Å²) in [6.07, 6.45) is 1.63. The summed E-state index contributed by atoms with van der Waals surface area (Å²) in [6, 6.07) is 0. The van der Waals surface area contributed by atoms with E-state index in [-0.39, 0.29) is 5.25 Å². The fourth-order valence-electron chi connectivity index (χ4n) is 0.946. The minimum Gasteiger partial charge on any atom is -0.229 e. The second-order valence-corrected chi connectivity index (χ2v) is 6.80. The van der Waals surface area contributed by atoms with Gasteiger partial charge >= 0.3 is 0 Å². The molecule has 80 valence electrons. The highest BCUT2D eigenvalue weighted by molar-refractivity contribution is 7.91. The first-order chi connectivity index (χ1) is 5.90. The molecule has 0 aliphatic heterocycles. The fourth-order valence-corrected chi connectivity index (χ4v) is 2.14. The molecule has 0 aliphatic rings. The van der Waals surface area contributed by atoms with Gasteiger partial charge in [0, 0.05) is 5.88 Å². The molecule has 0 heterocycles. The topological polar surface area (TPSA) is 34.1 Å². The summed E-state index contributed by atoms with van der Waals surface area (Å²) in [7, 11) is -2.85. The van der Waals surface area contributed by atoms with Crippen molar-refractivity contribution in [1.29, 1.82) is 0 Å². The summed E-state index contributed by atoms with van der Waals surface area (Å²) in [4.78, 5) is 0. The number of halogens is 1. The van der Waals surface area contributed by atoms with E-state index in [1.165, 1.54) is 0 Å². The Labute approximate surface area is 86.6 Å². The Bertz CT molecular complexity index is 222. The maximum absolute atomic E-state index is 11.4. The highest BCUT2D eigenvalue weighted by Gasteiger charge is 2.15. The van der Waals surface area contributed by atoms with Crippen LogP contribution >= 0.6 is 11.6 Å². The van der Waals surface area contributed by atoms with Gasteiger partial charge in [0.25, 0.3) is 0 Å². The number of hydrogen-bond donors (Lipinski definition) is 0. The van der Waals surface area contributed by atoms with Crippen LogP contribution in [0.25, 0.3) is 0 Å². The van der Waals surface area contributed by atoms with Crippen LogP contribution in [0.2, 0.25) is 0 Å². The van der Waals surface area contributed by atoms with Gasteiger partial charge in [0.15, 0.2) is 9.84 Å². The summed E-state index contributed by atoms with van der Waals surface area (Å²) < 4.78 is 22.7. The van der Waals surface area contributed by atoms with E-state index in [4.69, 9.17) is 11.6 Å². The van der Waals surface area contributed by atoms with E-state index >= 15 is 0 Å². The lowest BCUT2D eigenvalue weighted by Crippen LogP contribution is -2.18. The Morgan fingerprint density at radius 1 is 1.23 bits per heavy atom. The Balaban J connectivity index is 3.78. The van der Waals surface area contributed by atoms with Crippen LogP contribution in [0.1, 0.15) is 33.6 Å². The molecular weight excluding hydrogens is 208 g/mol. The van der Waals surface area contributed by atoms with Crippen molar-refractivity contribution in [2.75, 3.05) is 11.6 Å². The molecule has 0 N–H and O–H groups in total. The maximum atomic E-state index is 11.4. The molecule has 2 nitrogen and oxygen atoms in total. The van der Waals surface area contributed by atoms with Crippen LogP contribution < -0.4 is 0 Å². The van der Waals surface area contributed by atoms with Crippen LogP contribution in [-0.2, 0) is 9.84 Å². The summed E-state index contributed by atoms with van der Waals surface area (Å²) in [5, 5.41) is -0.251. The number of alkyl halides is 1. The minimum atomic E-state index is -2.85. The van der Waals surface area contributed by atoms with Crippen molar-refractivity contribution in [2.24, 2.45) is 5.92 Å². The van der Waals surface area contributed by atoms with E-state index in [9.17, 15) is 8.42 Å². The molecule has 0 radical (unpaired) electrons. The lowest BCUT2D eigenvalue weighted by atomic mass is 10.1. The molecule has 0 spiro atoms. The smallest absolute Gasteiger partial charge is 0.152 e. The standard InChI is InChI=1S/C9H19ClO2S/c1-8(2)13(11,12)6-4-5-9(3)7-10/h8-9H,4-7H2,1-3H3. The molecule has 1 unspecified atom stereocenters. The number of hydrogen-bond acceptors (Lipinski definition) is 2. The average molecular weight is 227 g/mol. The first-order valence-electron chi connectivity index (χ1n) is 4.67. The molecule has 0 fully saturated rings. The van der Waals surface area contributed by atoms with Crippen molar-refractivity contribution in [2.45, 2.75) is 38.9 Å².